The molecule has 3 aromatic rings. The van der Waals surface area contributed by atoms with Crippen LogP contribution >= 0.6 is 0 Å². The lowest BCUT2D eigenvalue weighted by molar-refractivity contribution is 0.381. The van der Waals surface area contributed by atoms with E-state index in [1.165, 1.54) is 12.1 Å². The molecule has 1 aliphatic heterocycles. The van der Waals surface area contributed by atoms with Gasteiger partial charge in [0.2, 0.25) is 5.82 Å². The van der Waals surface area contributed by atoms with Crippen molar-refractivity contribution in [1.82, 2.24) is 9.88 Å². The van der Waals surface area contributed by atoms with Crippen LogP contribution in [0.2, 0.25) is 0 Å². The van der Waals surface area contributed by atoms with Gasteiger partial charge in [0.15, 0.2) is 23.3 Å². The van der Waals surface area contributed by atoms with Crippen LogP contribution in [-0.2, 0) is 13.0 Å². The average Bonchev–Trinajstić information content (AvgIpc) is 2.78. The molecule has 1 N–H and O–H groups in total. The molecule has 0 spiro atoms. The van der Waals surface area contributed by atoms with Crippen LogP contribution in [0, 0.1) is 29.1 Å². The van der Waals surface area contributed by atoms with Crippen molar-refractivity contribution in [2.75, 3.05) is 13.1 Å². The zero-order valence-corrected chi connectivity index (χ0v) is 13.0. The summed E-state index contributed by atoms with van der Waals surface area (Å²) in [5.41, 5.74) is 0.987. The van der Waals surface area contributed by atoms with Crippen molar-refractivity contribution < 1.29 is 22.0 Å². The minimum atomic E-state index is -2.15. The largest absolute Gasteiger partial charge is 0.343 e. The molecule has 25 heavy (non-hydrogen) atoms. The first kappa shape index (κ1) is 16.1. The van der Waals surface area contributed by atoms with Gasteiger partial charge in [-0.05, 0) is 23.8 Å². The first-order chi connectivity index (χ1) is 12.0. The molecule has 0 saturated carbocycles. The van der Waals surface area contributed by atoms with Gasteiger partial charge in [-0.15, -0.1) is 0 Å². The summed E-state index contributed by atoms with van der Waals surface area (Å²) in [5, 5.41) is 3.98. The summed E-state index contributed by atoms with van der Waals surface area (Å²) >= 11 is 0. The fraction of sp³-hybridized carbons (Fsp3) is 0.222. The first-order valence-corrected chi connectivity index (χ1v) is 7.83. The Labute approximate surface area is 139 Å². The molecule has 0 saturated heterocycles. The van der Waals surface area contributed by atoms with Crippen molar-refractivity contribution in [2.45, 2.75) is 13.0 Å². The van der Waals surface area contributed by atoms with Gasteiger partial charge >= 0.3 is 0 Å². The molecule has 2 nitrogen and oxygen atoms in total. The molecular formula is C18H13F5N2. The van der Waals surface area contributed by atoms with Crippen LogP contribution in [0.5, 0.6) is 0 Å². The van der Waals surface area contributed by atoms with Gasteiger partial charge < -0.3 is 9.88 Å². The number of halogens is 5. The van der Waals surface area contributed by atoms with E-state index in [-0.39, 0.29) is 5.56 Å². The summed E-state index contributed by atoms with van der Waals surface area (Å²) in [5.74, 6) is -9.66. The number of hydrogen-bond acceptors (Lipinski definition) is 1. The molecule has 0 amide bonds. The van der Waals surface area contributed by atoms with Crippen LogP contribution in [-0.4, -0.2) is 17.7 Å². The van der Waals surface area contributed by atoms with Crippen LogP contribution in [0.25, 0.3) is 22.0 Å². The maximum atomic E-state index is 14.0. The third kappa shape index (κ3) is 2.41. The van der Waals surface area contributed by atoms with Crippen molar-refractivity contribution >= 4 is 10.9 Å². The Kier molecular flexibility index (Phi) is 3.76. The molecule has 2 heterocycles. The Bertz CT molecular complexity index is 964. The smallest absolute Gasteiger partial charge is 0.200 e. The van der Waals surface area contributed by atoms with Gasteiger partial charge in [-0.2, -0.15) is 0 Å². The van der Waals surface area contributed by atoms with E-state index in [1.807, 2.05) is 6.07 Å². The molecule has 0 atom stereocenters. The van der Waals surface area contributed by atoms with Crippen LogP contribution in [0.3, 0.4) is 0 Å². The lowest BCUT2D eigenvalue weighted by Gasteiger charge is -2.10. The number of nitrogens with one attached hydrogen (secondary N) is 1. The van der Waals surface area contributed by atoms with E-state index in [4.69, 9.17) is 0 Å². The molecule has 0 bridgehead atoms. The molecule has 0 radical (unpaired) electrons. The minimum absolute atomic E-state index is 0.0424. The average molecular weight is 352 g/mol. The van der Waals surface area contributed by atoms with Gasteiger partial charge in [-0.3, -0.25) is 0 Å². The number of aromatic nitrogens is 1. The van der Waals surface area contributed by atoms with Crippen molar-refractivity contribution in [2.24, 2.45) is 0 Å². The highest BCUT2D eigenvalue weighted by atomic mass is 19.2. The Balaban J connectivity index is 1.92. The van der Waals surface area contributed by atoms with E-state index >= 15 is 0 Å². The van der Waals surface area contributed by atoms with Crippen LogP contribution < -0.4 is 5.32 Å². The SMILES string of the molecule is Fc1c(F)c(F)c(-c2ccc3c(c2)cc2n3CCNCC2)c(F)c1F. The molecule has 0 unspecified atom stereocenters. The molecule has 0 aliphatic carbocycles. The maximum absolute atomic E-state index is 14.0. The van der Waals surface area contributed by atoms with Gasteiger partial charge in [-0.1, -0.05) is 6.07 Å². The van der Waals surface area contributed by atoms with Crippen LogP contribution in [0.15, 0.2) is 24.3 Å². The summed E-state index contributed by atoms with van der Waals surface area (Å²) in [6, 6.07) is 6.38. The molecule has 1 aromatic heterocycles. The van der Waals surface area contributed by atoms with Gasteiger partial charge in [-0.25, -0.2) is 22.0 Å². The summed E-state index contributed by atoms with van der Waals surface area (Å²) in [4.78, 5) is 0. The topological polar surface area (TPSA) is 17.0 Å². The molecule has 2 aromatic carbocycles. The number of hydrogen-bond donors (Lipinski definition) is 1. The highest BCUT2D eigenvalue weighted by molar-refractivity contribution is 5.87. The molecule has 4 rings (SSSR count). The highest BCUT2D eigenvalue weighted by Crippen LogP contribution is 2.34. The third-order valence-corrected chi connectivity index (χ3v) is 4.56. The van der Waals surface area contributed by atoms with E-state index < -0.39 is 34.6 Å². The predicted octanol–water partition coefficient (Wildman–Crippen LogP) is 4.15. The van der Waals surface area contributed by atoms with Crippen LogP contribution in [0.4, 0.5) is 22.0 Å². The standard InChI is InChI=1S/C18H13F5N2/c19-14-13(15(20)17(22)18(23)16(14)21)9-1-2-12-10(7-9)8-11-3-4-24-5-6-25(11)12/h1-2,7-8,24H,3-6H2. The minimum Gasteiger partial charge on any atom is -0.343 e. The van der Waals surface area contributed by atoms with E-state index in [2.05, 4.69) is 9.88 Å². The fourth-order valence-electron chi connectivity index (χ4n) is 3.35. The van der Waals surface area contributed by atoms with E-state index in [9.17, 15) is 22.0 Å². The quantitative estimate of drug-likeness (QED) is 0.396. The van der Waals surface area contributed by atoms with Crippen molar-refractivity contribution in [1.29, 1.82) is 0 Å². The van der Waals surface area contributed by atoms with Gasteiger partial charge in [0, 0.05) is 42.7 Å². The molecule has 0 fully saturated rings. The summed E-state index contributed by atoms with van der Waals surface area (Å²) in [6.45, 7) is 2.37. The van der Waals surface area contributed by atoms with E-state index in [1.54, 1.807) is 6.07 Å². The summed E-state index contributed by atoms with van der Waals surface area (Å²) < 4.78 is 70.3. The second-order valence-corrected chi connectivity index (χ2v) is 6.01. The second-order valence-electron chi connectivity index (χ2n) is 6.01. The Morgan fingerprint density at radius 1 is 0.800 bits per heavy atom. The number of fused-ring (bicyclic) bond motifs is 3. The zero-order chi connectivity index (χ0) is 17.7. The molecule has 7 heteroatoms. The Hall–Kier alpha value is -2.41. The van der Waals surface area contributed by atoms with Crippen LogP contribution in [0.1, 0.15) is 5.69 Å². The maximum Gasteiger partial charge on any atom is 0.200 e. The summed E-state index contributed by atoms with van der Waals surface area (Å²) in [6.07, 6.45) is 0.798. The van der Waals surface area contributed by atoms with E-state index in [0.29, 0.717) is 5.39 Å². The number of rotatable bonds is 1. The van der Waals surface area contributed by atoms with Crippen molar-refractivity contribution in [3.63, 3.8) is 0 Å². The normalized spacial score (nSPS) is 14.6. The summed E-state index contributed by atoms with van der Waals surface area (Å²) in [7, 11) is 0. The highest BCUT2D eigenvalue weighted by Gasteiger charge is 2.26. The monoisotopic (exact) mass is 352 g/mol. The van der Waals surface area contributed by atoms with Crippen molar-refractivity contribution in [3.8, 4) is 11.1 Å². The van der Waals surface area contributed by atoms with Crippen molar-refractivity contribution in [3.05, 3.63) is 59.0 Å². The number of benzene rings is 2. The zero-order valence-electron chi connectivity index (χ0n) is 13.0. The first-order valence-electron chi connectivity index (χ1n) is 7.83. The van der Waals surface area contributed by atoms with Gasteiger partial charge in [0.05, 0.1) is 5.56 Å². The van der Waals surface area contributed by atoms with Gasteiger partial charge in [0.25, 0.3) is 0 Å². The number of nitrogens with zero attached hydrogens (tertiary/aromatic N) is 1. The lowest BCUT2D eigenvalue weighted by atomic mass is 10.0. The fourth-order valence-corrected chi connectivity index (χ4v) is 3.35. The van der Waals surface area contributed by atoms with Gasteiger partial charge in [0.1, 0.15) is 0 Å². The third-order valence-electron chi connectivity index (χ3n) is 4.56. The Morgan fingerprint density at radius 3 is 2.20 bits per heavy atom. The second kappa shape index (κ2) is 5.84. The Morgan fingerprint density at radius 2 is 1.48 bits per heavy atom. The molecular weight excluding hydrogens is 339 g/mol. The molecule has 1 aliphatic rings. The predicted molar refractivity (Wildman–Crippen MR) is 83.7 cm³/mol. The molecule has 130 valence electrons. The van der Waals surface area contributed by atoms with E-state index in [0.717, 1.165) is 37.3 Å². The lowest BCUT2D eigenvalue weighted by Crippen LogP contribution is -2.17.